The lowest BCUT2D eigenvalue weighted by Crippen LogP contribution is -2.28. The Balaban J connectivity index is 2.11. The zero-order valence-electron chi connectivity index (χ0n) is 11.7. The first-order valence-corrected chi connectivity index (χ1v) is 7.40. The van der Waals surface area contributed by atoms with Crippen LogP contribution in [0.1, 0.15) is 26.5 Å². The first-order valence-electron chi connectivity index (χ1n) is 6.18. The topological polar surface area (TPSA) is 86.3 Å². The Morgan fingerprint density at radius 2 is 2.00 bits per heavy atom. The molecule has 2 aromatic rings. The SMILES string of the molecule is CSc1ccc(CN(C)C(=O)c2nc[nH]c2C(=O)O)cc1. The molecule has 1 heterocycles. The average Bonchev–Trinajstić information content (AvgIpc) is 2.96. The number of carboxylic acid groups (broad SMARTS) is 1. The molecule has 0 bridgehead atoms. The molecule has 0 spiro atoms. The van der Waals surface area contributed by atoms with Crippen LogP contribution >= 0.6 is 11.8 Å². The van der Waals surface area contributed by atoms with Gasteiger partial charge in [0.2, 0.25) is 0 Å². The molecule has 1 amide bonds. The van der Waals surface area contributed by atoms with Gasteiger partial charge in [0.05, 0.1) is 6.33 Å². The minimum atomic E-state index is -1.20. The summed E-state index contributed by atoms with van der Waals surface area (Å²) in [4.78, 5) is 32.1. The zero-order valence-corrected chi connectivity index (χ0v) is 12.5. The number of benzene rings is 1. The Hall–Kier alpha value is -2.28. The number of amides is 1. The van der Waals surface area contributed by atoms with E-state index in [0.717, 1.165) is 10.5 Å². The number of aromatic amines is 1. The van der Waals surface area contributed by atoms with Gasteiger partial charge >= 0.3 is 5.97 Å². The summed E-state index contributed by atoms with van der Waals surface area (Å²) < 4.78 is 0. The van der Waals surface area contributed by atoms with Crippen molar-refractivity contribution in [3.05, 3.63) is 47.5 Å². The Morgan fingerprint density at radius 1 is 1.33 bits per heavy atom. The van der Waals surface area contributed by atoms with Crippen molar-refractivity contribution in [3.8, 4) is 0 Å². The fourth-order valence-corrected chi connectivity index (χ4v) is 2.29. The van der Waals surface area contributed by atoms with E-state index >= 15 is 0 Å². The summed E-state index contributed by atoms with van der Waals surface area (Å²) >= 11 is 1.65. The molecule has 1 aromatic heterocycles. The summed E-state index contributed by atoms with van der Waals surface area (Å²) in [5, 5.41) is 8.99. The summed E-state index contributed by atoms with van der Waals surface area (Å²) in [7, 11) is 1.62. The molecule has 110 valence electrons. The molecule has 0 fully saturated rings. The van der Waals surface area contributed by atoms with Crippen molar-refractivity contribution in [2.24, 2.45) is 0 Å². The van der Waals surface area contributed by atoms with E-state index in [1.54, 1.807) is 18.8 Å². The highest BCUT2D eigenvalue weighted by Gasteiger charge is 2.22. The highest BCUT2D eigenvalue weighted by molar-refractivity contribution is 7.98. The second-order valence-electron chi connectivity index (χ2n) is 4.44. The number of imidazole rings is 1. The minimum absolute atomic E-state index is 0.0780. The molecular formula is C14H15N3O3S. The second-order valence-corrected chi connectivity index (χ2v) is 5.32. The molecule has 1 aromatic carbocycles. The van der Waals surface area contributed by atoms with Gasteiger partial charge < -0.3 is 15.0 Å². The molecule has 0 unspecified atom stereocenters. The van der Waals surface area contributed by atoms with Crippen LogP contribution in [0.5, 0.6) is 0 Å². The van der Waals surface area contributed by atoms with Gasteiger partial charge in [0.1, 0.15) is 0 Å². The Kier molecular flexibility index (Phi) is 4.64. The standard InChI is InChI=1S/C14H15N3O3S/c1-17(7-9-3-5-10(21-2)6-4-9)13(18)11-12(14(19)20)16-8-15-11/h3-6,8H,7H2,1-2H3,(H,15,16)(H,19,20). The second kappa shape index (κ2) is 6.45. The third-order valence-electron chi connectivity index (χ3n) is 2.98. The fraction of sp³-hybridized carbons (Fsp3) is 0.214. The third-order valence-corrected chi connectivity index (χ3v) is 3.72. The van der Waals surface area contributed by atoms with Crippen molar-refractivity contribution in [3.63, 3.8) is 0 Å². The summed E-state index contributed by atoms with van der Waals surface area (Å²) in [6.07, 6.45) is 3.20. The molecule has 7 heteroatoms. The van der Waals surface area contributed by atoms with Crippen LogP contribution in [0.4, 0.5) is 0 Å². The smallest absolute Gasteiger partial charge is 0.354 e. The van der Waals surface area contributed by atoms with Crippen molar-refractivity contribution in [2.75, 3.05) is 13.3 Å². The van der Waals surface area contributed by atoms with E-state index in [2.05, 4.69) is 9.97 Å². The highest BCUT2D eigenvalue weighted by Crippen LogP contribution is 2.16. The maximum Gasteiger partial charge on any atom is 0.354 e. The number of aromatic nitrogens is 2. The molecule has 0 aliphatic heterocycles. The number of hydrogen-bond donors (Lipinski definition) is 2. The van der Waals surface area contributed by atoms with Gasteiger partial charge in [-0.3, -0.25) is 4.79 Å². The molecule has 0 saturated carbocycles. The summed E-state index contributed by atoms with van der Waals surface area (Å²) in [5.74, 6) is -1.63. The number of carbonyl (C=O) groups excluding carboxylic acids is 1. The van der Waals surface area contributed by atoms with Gasteiger partial charge in [-0.1, -0.05) is 12.1 Å². The van der Waals surface area contributed by atoms with Crippen LogP contribution in [-0.4, -0.2) is 45.2 Å². The third kappa shape index (κ3) is 3.43. The lowest BCUT2D eigenvalue weighted by atomic mass is 10.2. The largest absolute Gasteiger partial charge is 0.477 e. The number of carboxylic acids is 1. The van der Waals surface area contributed by atoms with Crippen LogP contribution in [0.3, 0.4) is 0 Å². The summed E-state index contributed by atoms with van der Waals surface area (Å²) in [6.45, 7) is 0.388. The first kappa shape index (κ1) is 15.1. The number of aromatic carboxylic acids is 1. The van der Waals surface area contributed by atoms with Gasteiger partial charge in [0.15, 0.2) is 11.4 Å². The van der Waals surface area contributed by atoms with Crippen LogP contribution in [0.15, 0.2) is 35.5 Å². The van der Waals surface area contributed by atoms with Crippen molar-refractivity contribution >= 4 is 23.6 Å². The zero-order chi connectivity index (χ0) is 15.4. The van der Waals surface area contributed by atoms with Crippen LogP contribution in [-0.2, 0) is 6.54 Å². The first-order chi connectivity index (χ1) is 10.0. The van der Waals surface area contributed by atoms with E-state index in [1.165, 1.54) is 11.2 Å². The van der Waals surface area contributed by atoms with E-state index < -0.39 is 11.9 Å². The molecule has 2 N–H and O–H groups in total. The Bertz CT molecular complexity index is 652. The fourth-order valence-electron chi connectivity index (χ4n) is 1.88. The Labute approximate surface area is 126 Å². The van der Waals surface area contributed by atoms with Crippen molar-refractivity contribution in [1.29, 1.82) is 0 Å². The molecule has 0 radical (unpaired) electrons. The molecule has 0 atom stereocenters. The van der Waals surface area contributed by atoms with Crippen molar-refractivity contribution in [1.82, 2.24) is 14.9 Å². The summed E-state index contributed by atoms with van der Waals surface area (Å²) in [5.41, 5.74) is 0.700. The van der Waals surface area contributed by atoms with Gasteiger partial charge in [-0.25, -0.2) is 9.78 Å². The van der Waals surface area contributed by atoms with E-state index in [-0.39, 0.29) is 11.4 Å². The molecule has 21 heavy (non-hydrogen) atoms. The number of nitrogens with one attached hydrogen (secondary N) is 1. The molecule has 2 rings (SSSR count). The monoisotopic (exact) mass is 305 g/mol. The lowest BCUT2D eigenvalue weighted by molar-refractivity contribution is 0.0674. The van der Waals surface area contributed by atoms with Crippen LogP contribution in [0, 0.1) is 0 Å². The number of carbonyl (C=O) groups is 2. The van der Waals surface area contributed by atoms with Gasteiger partial charge in [0.25, 0.3) is 5.91 Å². The van der Waals surface area contributed by atoms with Crippen LogP contribution in [0.25, 0.3) is 0 Å². The van der Waals surface area contributed by atoms with E-state index in [9.17, 15) is 9.59 Å². The molecular weight excluding hydrogens is 290 g/mol. The predicted octanol–water partition coefficient (Wildman–Crippen LogP) is 2.10. The van der Waals surface area contributed by atoms with Gasteiger partial charge in [-0.15, -0.1) is 11.8 Å². The molecule has 0 aliphatic rings. The van der Waals surface area contributed by atoms with Crippen molar-refractivity contribution in [2.45, 2.75) is 11.4 Å². The molecule has 6 nitrogen and oxygen atoms in total. The molecule has 0 aliphatic carbocycles. The number of rotatable bonds is 5. The van der Waals surface area contributed by atoms with Gasteiger partial charge in [-0.05, 0) is 24.0 Å². The minimum Gasteiger partial charge on any atom is -0.477 e. The normalized spacial score (nSPS) is 10.4. The average molecular weight is 305 g/mol. The number of H-pyrrole nitrogens is 1. The van der Waals surface area contributed by atoms with E-state index in [0.29, 0.717) is 6.54 Å². The summed E-state index contributed by atoms with van der Waals surface area (Å²) in [6, 6.07) is 7.85. The van der Waals surface area contributed by atoms with E-state index in [4.69, 9.17) is 5.11 Å². The molecule has 0 saturated heterocycles. The van der Waals surface area contributed by atoms with Crippen LogP contribution < -0.4 is 0 Å². The predicted molar refractivity (Wildman–Crippen MR) is 79.6 cm³/mol. The van der Waals surface area contributed by atoms with Crippen molar-refractivity contribution < 1.29 is 14.7 Å². The van der Waals surface area contributed by atoms with Crippen LogP contribution in [0.2, 0.25) is 0 Å². The number of hydrogen-bond acceptors (Lipinski definition) is 4. The van der Waals surface area contributed by atoms with Gasteiger partial charge in [0, 0.05) is 18.5 Å². The number of thioether (sulfide) groups is 1. The number of nitrogens with zero attached hydrogens (tertiary/aromatic N) is 2. The maximum absolute atomic E-state index is 12.2. The maximum atomic E-state index is 12.2. The van der Waals surface area contributed by atoms with Gasteiger partial charge in [-0.2, -0.15) is 0 Å². The highest BCUT2D eigenvalue weighted by atomic mass is 32.2. The Morgan fingerprint density at radius 3 is 2.57 bits per heavy atom. The quantitative estimate of drug-likeness (QED) is 0.826. The van der Waals surface area contributed by atoms with E-state index in [1.807, 2.05) is 30.5 Å². The lowest BCUT2D eigenvalue weighted by Gasteiger charge is -2.16.